The Morgan fingerprint density at radius 3 is 2.83 bits per heavy atom. The number of thiophene rings is 2. The van der Waals surface area contributed by atoms with Gasteiger partial charge in [-0.25, -0.2) is 4.98 Å². The molecule has 0 bridgehead atoms. The molecule has 24 heavy (non-hydrogen) atoms. The molecule has 0 unspecified atom stereocenters. The average Bonchev–Trinajstić information content (AvgIpc) is 3.20. The molecule has 5 nitrogen and oxygen atoms in total. The molecule has 0 saturated carbocycles. The van der Waals surface area contributed by atoms with E-state index in [0.717, 1.165) is 56.3 Å². The number of morpholine rings is 1. The molecule has 0 atom stereocenters. The maximum Gasteiger partial charge on any atom is 0.224 e. The Morgan fingerprint density at radius 2 is 2.12 bits per heavy atom. The number of fused-ring (bicyclic) bond motifs is 1. The highest BCUT2D eigenvalue weighted by atomic mass is 35.5. The van der Waals surface area contributed by atoms with Crippen LogP contribution in [0.25, 0.3) is 20.7 Å². The predicted octanol–water partition coefficient (Wildman–Crippen LogP) is 4.03. The molecular formula is C16H14ClN3O2S2. The smallest absolute Gasteiger partial charge is 0.224 e. The lowest BCUT2D eigenvalue weighted by Crippen LogP contribution is -2.36. The Kier molecular flexibility index (Phi) is 4.26. The summed E-state index contributed by atoms with van der Waals surface area (Å²) in [6, 6.07) is 1.92. The number of rotatable bonds is 3. The molecule has 1 saturated heterocycles. The minimum absolute atomic E-state index is 0.260. The van der Waals surface area contributed by atoms with Crippen LogP contribution < -0.4 is 4.90 Å². The van der Waals surface area contributed by atoms with Crippen molar-refractivity contribution in [2.75, 3.05) is 31.2 Å². The number of hydrogen-bond acceptors (Lipinski definition) is 7. The normalized spacial score (nSPS) is 15.2. The number of aromatic nitrogens is 2. The van der Waals surface area contributed by atoms with Crippen LogP contribution in [0.3, 0.4) is 0 Å². The van der Waals surface area contributed by atoms with Crippen LogP contribution in [0.5, 0.6) is 0 Å². The van der Waals surface area contributed by atoms with Gasteiger partial charge in [0.2, 0.25) is 5.28 Å². The van der Waals surface area contributed by atoms with Gasteiger partial charge in [-0.2, -0.15) is 4.98 Å². The molecule has 4 heterocycles. The highest BCUT2D eigenvalue weighted by Gasteiger charge is 2.22. The van der Waals surface area contributed by atoms with Gasteiger partial charge < -0.3 is 9.64 Å². The van der Waals surface area contributed by atoms with Gasteiger partial charge in [-0.15, -0.1) is 22.7 Å². The molecule has 0 radical (unpaired) electrons. The van der Waals surface area contributed by atoms with Gasteiger partial charge in [0, 0.05) is 28.9 Å². The quantitative estimate of drug-likeness (QED) is 0.508. The molecule has 0 aliphatic carbocycles. The second-order valence-electron chi connectivity index (χ2n) is 5.51. The van der Waals surface area contributed by atoms with E-state index >= 15 is 0 Å². The van der Waals surface area contributed by atoms with Crippen LogP contribution >= 0.6 is 34.3 Å². The number of carbonyl (C=O) groups is 1. The van der Waals surface area contributed by atoms with Gasteiger partial charge in [0.05, 0.1) is 28.3 Å². The highest BCUT2D eigenvalue weighted by Crippen LogP contribution is 2.42. The third-order valence-corrected chi connectivity index (χ3v) is 6.38. The molecule has 0 spiro atoms. The van der Waals surface area contributed by atoms with Crippen LogP contribution in [-0.2, 0) is 4.74 Å². The van der Waals surface area contributed by atoms with Gasteiger partial charge in [0.15, 0.2) is 12.1 Å². The van der Waals surface area contributed by atoms with Crippen LogP contribution in [-0.4, -0.2) is 42.6 Å². The topological polar surface area (TPSA) is 55.3 Å². The number of carbonyl (C=O) groups excluding carboxylic acids is 1. The number of nitrogens with zero attached hydrogens (tertiary/aromatic N) is 3. The van der Waals surface area contributed by atoms with Crippen molar-refractivity contribution in [3.05, 3.63) is 27.2 Å². The number of ether oxygens (including phenoxy) is 1. The van der Waals surface area contributed by atoms with E-state index in [0.29, 0.717) is 13.2 Å². The summed E-state index contributed by atoms with van der Waals surface area (Å²) in [5.41, 5.74) is 3.01. The zero-order valence-electron chi connectivity index (χ0n) is 12.9. The first kappa shape index (κ1) is 16.0. The van der Waals surface area contributed by atoms with E-state index in [2.05, 4.69) is 14.9 Å². The second kappa shape index (κ2) is 6.40. The molecular weight excluding hydrogens is 366 g/mol. The van der Waals surface area contributed by atoms with Gasteiger partial charge in [-0.1, -0.05) is 0 Å². The fourth-order valence-electron chi connectivity index (χ4n) is 2.84. The molecule has 1 aliphatic rings. The number of aryl methyl sites for hydroxylation is 1. The van der Waals surface area contributed by atoms with Gasteiger partial charge in [0.1, 0.15) is 0 Å². The summed E-state index contributed by atoms with van der Waals surface area (Å²) < 4.78 is 6.47. The van der Waals surface area contributed by atoms with Crippen molar-refractivity contribution in [2.24, 2.45) is 0 Å². The van der Waals surface area contributed by atoms with E-state index < -0.39 is 0 Å². The molecule has 1 fully saturated rings. The van der Waals surface area contributed by atoms with E-state index in [1.807, 2.05) is 18.4 Å². The van der Waals surface area contributed by atoms with Crippen LogP contribution in [0.15, 0.2) is 11.4 Å². The second-order valence-corrected chi connectivity index (χ2v) is 7.81. The van der Waals surface area contributed by atoms with Crippen LogP contribution in [0.2, 0.25) is 5.28 Å². The number of anilines is 1. The largest absolute Gasteiger partial charge is 0.378 e. The van der Waals surface area contributed by atoms with Gasteiger partial charge in [-0.05, 0) is 30.2 Å². The first-order valence-corrected chi connectivity index (χ1v) is 9.58. The summed E-state index contributed by atoms with van der Waals surface area (Å²) in [4.78, 5) is 23.9. The van der Waals surface area contributed by atoms with Crippen LogP contribution in [0, 0.1) is 6.92 Å². The van der Waals surface area contributed by atoms with Crippen molar-refractivity contribution in [1.29, 1.82) is 0 Å². The maximum atomic E-state index is 11.0. The van der Waals surface area contributed by atoms with Crippen molar-refractivity contribution in [1.82, 2.24) is 9.97 Å². The summed E-state index contributed by atoms with van der Waals surface area (Å²) >= 11 is 9.28. The monoisotopic (exact) mass is 379 g/mol. The molecule has 8 heteroatoms. The molecule has 3 aromatic rings. The average molecular weight is 380 g/mol. The number of aldehydes is 1. The molecule has 1 aliphatic heterocycles. The summed E-state index contributed by atoms with van der Waals surface area (Å²) in [5.74, 6) is 0.874. The lowest BCUT2D eigenvalue weighted by molar-refractivity contribution is 0.112. The minimum Gasteiger partial charge on any atom is -0.378 e. The molecule has 4 rings (SSSR count). The standard InChI is InChI=1S/C16H14ClN3O2S2/c1-9-12-14(24-13(9)10-6-11(7-21)23-8-10)15(19-16(17)18-12)20-2-4-22-5-3-20/h6-8H,2-5H2,1H3. The molecule has 124 valence electrons. The maximum absolute atomic E-state index is 11.0. The lowest BCUT2D eigenvalue weighted by Gasteiger charge is -2.28. The van der Waals surface area contributed by atoms with Crippen molar-refractivity contribution in [3.63, 3.8) is 0 Å². The summed E-state index contributed by atoms with van der Waals surface area (Å²) in [7, 11) is 0. The van der Waals surface area contributed by atoms with Crippen molar-refractivity contribution < 1.29 is 9.53 Å². The van der Waals surface area contributed by atoms with Crippen molar-refractivity contribution in [2.45, 2.75) is 6.92 Å². The summed E-state index contributed by atoms with van der Waals surface area (Å²) in [6.07, 6.45) is 0.882. The third kappa shape index (κ3) is 2.71. The Bertz CT molecular complexity index is 916. The van der Waals surface area contributed by atoms with E-state index in [-0.39, 0.29) is 5.28 Å². The Balaban J connectivity index is 1.88. The predicted molar refractivity (Wildman–Crippen MR) is 98.9 cm³/mol. The van der Waals surface area contributed by atoms with Gasteiger partial charge in [-0.3, -0.25) is 4.79 Å². The van der Waals surface area contributed by atoms with Crippen molar-refractivity contribution in [3.8, 4) is 10.4 Å². The Hall–Kier alpha value is -1.54. The molecule has 0 amide bonds. The van der Waals surface area contributed by atoms with Crippen LogP contribution in [0.4, 0.5) is 5.82 Å². The van der Waals surface area contributed by atoms with Crippen molar-refractivity contribution >= 4 is 56.6 Å². The zero-order valence-corrected chi connectivity index (χ0v) is 15.3. The van der Waals surface area contributed by atoms with Gasteiger partial charge in [0.25, 0.3) is 0 Å². The van der Waals surface area contributed by atoms with Crippen LogP contribution in [0.1, 0.15) is 15.2 Å². The third-order valence-electron chi connectivity index (χ3n) is 4.03. The molecule has 3 aromatic heterocycles. The van der Waals surface area contributed by atoms with E-state index in [1.165, 1.54) is 11.3 Å². The highest BCUT2D eigenvalue weighted by molar-refractivity contribution is 7.23. The summed E-state index contributed by atoms with van der Waals surface area (Å²) in [5, 5.41) is 2.26. The first-order chi connectivity index (χ1) is 11.7. The van der Waals surface area contributed by atoms with Gasteiger partial charge >= 0.3 is 0 Å². The van der Waals surface area contributed by atoms with E-state index in [9.17, 15) is 4.79 Å². The zero-order chi connectivity index (χ0) is 16.7. The SMILES string of the molecule is Cc1c(-c2csc(C=O)c2)sc2c(N3CCOCC3)nc(Cl)nc12. The van der Waals surface area contributed by atoms with E-state index in [1.54, 1.807) is 11.3 Å². The Labute approximate surface area is 151 Å². The Morgan fingerprint density at radius 1 is 1.33 bits per heavy atom. The number of hydrogen-bond donors (Lipinski definition) is 0. The fourth-order valence-corrected chi connectivity index (χ4v) is 5.03. The first-order valence-electron chi connectivity index (χ1n) is 7.51. The summed E-state index contributed by atoms with van der Waals surface area (Å²) in [6.45, 7) is 5.00. The molecule has 0 aromatic carbocycles. The van der Waals surface area contributed by atoms with E-state index in [4.69, 9.17) is 16.3 Å². The fraction of sp³-hybridized carbons (Fsp3) is 0.312. The number of halogens is 1. The minimum atomic E-state index is 0.260. The molecule has 0 N–H and O–H groups in total. The lowest BCUT2D eigenvalue weighted by atomic mass is 10.1.